The number of carbonyl (C=O) groups is 3. The molecular weight excluding hydrogens is 448 g/mol. The molecule has 3 heterocycles. The lowest BCUT2D eigenvalue weighted by molar-refractivity contribution is -0.143. The zero-order chi connectivity index (χ0) is 24.8. The zero-order valence-corrected chi connectivity index (χ0v) is 19.6. The first kappa shape index (κ1) is 23.9. The molecule has 35 heavy (non-hydrogen) atoms. The first-order chi connectivity index (χ1) is 17.0. The quantitative estimate of drug-likeness (QED) is 0.474. The van der Waals surface area contributed by atoms with Gasteiger partial charge in [0.2, 0.25) is 5.91 Å². The van der Waals surface area contributed by atoms with Crippen molar-refractivity contribution in [3.63, 3.8) is 0 Å². The van der Waals surface area contributed by atoms with E-state index in [1.165, 1.54) is 20.3 Å². The molecule has 0 saturated carbocycles. The molecule has 2 aromatic heterocycles. The summed E-state index contributed by atoms with van der Waals surface area (Å²) in [6.45, 7) is 0. The van der Waals surface area contributed by atoms with E-state index >= 15 is 0 Å². The minimum Gasteiger partial charge on any atom is -0.497 e. The van der Waals surface area contributed by atoms with Crippen LogP contribution in [0.15, 0.2) is 67.0 Å². The number of aryl methyl sites for hydroxylation is 2. The monoisotopic (exact) mass is 474 g/mol. The number of hydrogen-bond acceptors (Lipinski definition) is 7. The molecule has 0 bridgehead atoms. The summed E-state index contributed by atoms with van der Waals surface area (Å²) in [6, 6.07) is 14.9. The van der Waals surface area contributed by atoms with Gasteiger partial charge in [-0.25, -0.2) is 9.69 Å². The second kappa shape index (κ2) is 10.3. The largest absolute Gasteiger partial charge is 0.497 e. The van der Waals surface area contributed by atoms with Crippen LogP contribution >= 0.6 is 0 Å². The van der Waals surface area contributed by atoms with Gasteiger partial charge in [0.1, 0.15) is 16.9 Å². The first-order valence-corrected chi connectivity index (χ1v) is 11.2. The SMILES string of the molecule is COc1ccc(OC)c(N2C(=O)NC(=O)C(CCc3ccccn3)(CCc3ccccn3)C2=O)c1. The van der Waals surface area contributed by atoms with Crippen molar-refractivity contribution in [2.45, 2.75) is 25.7 Å². The normalized spacial score (nSPS) is 15.0. The van der Waals surface area contributed by atoms with Gasteiger partial charge < -0.3 is 9.47 Å². The van der Waals surface area contributed by atoms with Crippen molar-refractivity contribution in [3.8, 4) is 11.5 Å². The van der Waals surface area contributed by atoms with Crippen LogP contribution in [-0.4, -0.2) is 42.0 Å². The minimum absolute atomic E-state index is 0.164. The number of methoxy groups -OCH3 is 2. The third-order valence-corrected chi connectivity index (χ3v) is 6.17. The molecule has 4 rings (SSSR count). The Morgan fingerprint density at radius 1 is 0.857 bits per heavy atom. The summed E-state index contributed by atoms with van der Waals surface area (Å²) in [5.41, 5.74) is 0.166. The molecule has 1 N–H and O–H groups in total. The molecule has 180 valence electrons. The number of carbonyl (C=O) groups excluding carboxylic acids is 3. The van der Waals surface area contributed by atoms with Gasteiger partial charge >= 0.3 is 6.03 Å². The average molecular weight is 475 g/mol. The van der Waals surface area contributed by atoms with Crippen molar-refractivity contribution in [3.05, 3.63) is 78.4 Å². The summed E-state index contributed by atoms with van der Waals surface area (Å²) < 4.78 is 10.7. The number of urea groups is 1. The molecule has 1 aliphatic rings. The van der Waals surface area contributed by atoms with Gasteiger partial charge in [-0.15, -0.1) is 0 Å². The summed E-state index contributed by atoms with van der Waals surface area (Å²) in [4.78, 5) is 50.1. The number of hydrogen-bond donors (Lipinski definition) is 1. The highest BCUT2D eigenvalue weighted by Gasteiger charge is 2.54. The standard InChI is InChI=1S/C26H26N4O5/c1-34-20-9-10-22(35-2)21(17-20)30-24(32)26(23(31)29-25(30)33,13-11-18-7-3-5-15-27-18)14-12-19-8-4-6-16-28-19/h3-10,15-17H,11-14H2,1-2H3,(H,29,31,33). The molecule has 4 amide bonds. The second-order valence-corrected chi connectivity index (χ2v) is 8.16. The molecule has 9 heteroatoms. The van der Waals surface area contributed by atoms with E-state index < -0.39 is 23.3 Å². The van der Waals surface area contributed by atoms with Crippen molar-refractivity contribution in [2.24, 2.45) is 5.41 Å². The fourth-order valence-electron chi connectivity index (χ4n) is 4.21. The van der Waals surface area contributed by atoms with E-state index in [1.807, 2.05) is 24.3 Å². The molecule has 0 unspecified atom stereocenters. The Labute approximate surface area is 203 Å². The lowest BCUT2D eigenvalue weighted by atomic mass is 9.74. The van der Waals surface area contributed by atoms with Crippen molar-refractivity contribution in [1.29, 1.82) is 0 Å². The zero-order valence-electron chi connectivity index (χ0n) is 19.6. The van der Waals surface area contributed by atoms with Gasteiger partial charge in [-0.2, -0.15) is 0 Å². The third kappa shape index (κ3) is 4.84. The summed E-state index contributed by atoms with van der Waals surface area (Å²) in [7, 11) is 2.93. The molecule has 1 aliphatic heterocycles. The number of benzene rings is 1. The first-order valence-electron chi connectivity index (χ1n) is 11.2. The van der Waals surface area contributed by atoms with E-state index in [4.69, 9.17) is 9.47 Å². The fourth-order valence-corrected chi connectivity index (χ4v) is 4.21. The van der Waals surface area contributed by atoms with Crippen molar-refractivity contribution < 1.29 is 23.9 Å². The third-order valence-electron chi connectivity index (χ3n) is 6.17. The van der Waals surface area contributed by atoms with Gasteiger partial charge in [0.15, 0.2) is 0 Å². The molecule has 9 nitrogen and oxygen atoms in total. The Balaban J connectivity index is 1.75. The van der Waals surface area contributed by atoms with Crippen LogP contribution in [0.5, 0.6) is 11.5 Å². The number of anilines is 1. The van der Waals surface area contributed by atoms with Crippen LogP contribution in [0.4, 0.5) is 10.5 Å². The van der Waals surface area contributed by atoms with Crippen LogP contribution in [0.2, 0.25) is 0 Å². The molecule has 1 fully saturated rings. The Morgan fingerprint density at radius 3 is 2.00 bits per heavy atom. The molecule has 0 spiro atoms. The van der Waals surface area contributed by atoms with E-state index in [0.717, 1.165) is 16.3 Å². The predicted molar refractivity (Wildman–Crippen MR) is 128 cm³/mol. The molecular formula is C26H26N4O5. The van der Waals surface area contributed by atoms with Crippen molar-refractivity contribution in [1.82, 2.24) is 15.3 Å². The minimum atomic E-state index is -1.52. The number of pyridine rings is 2. The summed E-state index contributed by atoms with van der Waals surface area (Å²) in [5, 5.41) is 2.40. The van der Waals surface area contributed by atoms with Gasteiger partial charge in [0, 0.05) is 29.8 Å². The van der Waals surface area contributed by atoms with Gasteiger partial charge in [0.05, 0.1) is 19.9 Å². The smallest absolute Gasteiger partial charge is 0.335 e. The van der Waals surface area contributed by atoms with Gasteiger partial charge in [-0.1, -0.05) is 12.1 Å². The van der Waals surface area contributed by atoms with Crippen molar-refractivity contribution in [2.75, 3.05) is 19.1 Å². The molecule has 1 aromatic carbocycles. The number of aromatic nitrogens is 2. The van der Waals surface area contributed by atoms with Gasteiger partial charge in [0.25, 0.3) is 5.91 Å². The second-order valence-electron chi connectivity index (χ2n) is 8.16. The van der Waals surface area contributed by atoms with E-state index in [0.29, 0.717) is 24.3 Å². The van der Waals surface area contributed by atoms with Crippen LogP contribution in [0.25, 0.3) is 0 Å². The topological polar surface area (TPSA) is 111 Å². The summed E-state index contributed by atoms with van der Waals surface area (Å²) >= 11 is 0. The molecule has 0 atom stereocenters. The number of nitrogens with zero attached hydrogens (tertiary/aromatic N) is 3. The van der Waals surface area contributed by atoms with Crippen LogP contribution < -0.4 is 19.7 Å². The van der Waals surface area contributed by atoms with E-state index in [9.17, 15) is 14.4 Å². The van der Waals surface area contributed by atoms with E-state index in [-0.39, 0.29) is 18.5 Å². The Kier molecular flexibility index (Phi) is 7.05. The number of rotatable bonds is 9. The average Bonchev–Trinajstić information content (AvgIpc) is 2.89. The maximum absolute atomic E-state index is 14.1. The fraction of sp³-hybridized carbons (Fsp3) is 0.269. The predicted octanol–water partition coefficient (Wildman–Crippen LogP) is 3.33. The molecule has 0 aliphatic carbocycles. The maximum atomic E-state index is 14.1. The van der Waals surface area contributed by atoms with Crippen LogP contribution in [0.3, 0.4) is 0 Å². The van der Waals surface area contributed by atoms with Gasteiger partial charge in [-0.3, -0.25) is 24.9 Å². The number of imide groups is 2. The summed E-state index contributed by atoms with van der Waals surface area (Å²) in [5.74, 6) is -0.514. The number of ether oxygens (including phenoxy) is 2. The Hall–Kier alpha value is -4.27. The van der Waals surface area contributed by atoms with Crippen molar-refractivity contribution >= 4 is 23.5 Å². The summed E-state index contributed by atoms with van der Waals surface area (Å²) in [6.07, 6.45) is 4.40. The lowest BCUT2D eigenvalue weighted by Crippen LogP contribution is -2.64. The van der Waals surface area contributed by atoms with E-state index in [2.05, 4.69) is 15.3 Å². The highest BCUT2D eigenvalue weighted by Crippen LogP contribution is 2.41. The molecule has 0 radical (unpaired) electrons. The highest BCUT2D eigenvalue weighted by atomic mass is 16.5. The number of nitrogens with one attached hydrogen (secondary N) is 1. The van der Waals surface area contributed by atoms with E-state index in [1.54, 1.807) is 36.7 Å². The highest BCUT2D eigenvalue weighted by molar-refractivity contribution is 6.30. The van der Waals surface area contributed by atoms with Crippen LogP contribution in [-0.2, 0) is 22.4 Å². The Morgan fingerprint density at radius 2 is 1.49 bits per heavy atom. The van der Waals surface area contributed by atoms with Crippen LogP contribution in [0.1, 0.15) is 24.2 Å². The lowest BCUT2D eigenvalue weighted by Gasteiger charge is -2.39. The van der Waals surface area contributed by atoms with Crippen LogP contribution in [0, 0.1) is 5.41 Å². The number of barbiturate groups is 1. The number of amides is 4. The Bertz CT molecular complexity index is 1170. The molecule has 3 aromatic rings. The molecule has 1 saturated heterocycles. The maximum Gasteiger partial charge on any atom is 0.335 e. The van der Waals surface area contributed by atoms with Gasteiger partial charge in [-0.05, 0) is 62.1 Å².